The van der Waals surface area contributed by atoms with Gasteiger partial charge in [0.1, 0.15) is 5.75 Å². The standard InChI is InChI=1S/C15H21Br2NO2/c1-4-15(5-2,9-16)10-18-14(19)11-6-7-13(20-3)12(17)8-11/h6-8H,4-5,9-10H2,1-3H3,(H,18,19). The van der Waals surface area contributed by atoms with Gasteiger partial charge in [0.15, 0.2) is 0 Å². The molecule has 112 valence electrons. The number of rotatable bonds is 7. The maximum absolute atomic E-state index is 12.2. The van der Waals surface area contributed by atoms with Gasteiger partial charge in [0, 0.05) is 17.4 Å². The highest BCUT2D eigenvalue weighted by Crippen LogP contribution is 2.28. The lowest BCUT2D eigenvalue weighted by atomic mass is 9.84. The molecule has 0 aliphatic rings. The topological polar surface area (TPSA) is 38.3 Å². The fraction of sp³-hybridized carbons (Fsp3) is 0.533. The van der Waals surface area contributed by atoms with Crippen LogP contribution in [0.25, 0.3) is 0 Å². The van der Waals surface area contributed by atoms with Crippen LogP contribution in [-0.2, 0) is 0 Å². The molecule has 0 atom stereocenters. The Labute approximate surface area is 137 Å². The minimum atomic E-state index is -0.0550. The van der Waals surface area contributed by atoms with Crippen molar-refractivity contribution in [1.29, 1.82) is 0 Å². The van der Waals surface area contributed by atoms with Gasteiger partial charge >= 0.3 is 0 Å². The van der Waals surface area contributed by atoms with Crippen LogP contribution in [0.3, 0.4) is 0 Å². The van der Waals surface area contributed by atoms with Crippen molar-refractivity contribution >= 4 is 37.8 Å². The molecule has 20 heavy (non-hydrogen) atoms. The van der Waals surface area contributed by atoms with Crippen LogP contribution in [0, 0.1) is 5.41 Å². The van der Waals surface area contributed by atoms with E-state index in [0.29, 0.717) is 12.1 Å². The zero-order valence-electron chi connectivity index (χ0n) is 12.1. The Morgan fingerprint density at radius 3 is 2.45 bits per heavy atom. The number of methoxy groups -OCH3 is 1. The van der Waals surface area contributed by atoms with Gasteiger partial charge in [0.2, 0.25) is 0 Å². The van der Waals surface area contributed by atoms with E-state index in [-0.39, 0.29) is 11.3 Å². The summed E-state index contributed by atoms with van der Waals surface area (Å²) in [4.78, 5) is 12.2. The third-order valence-corrected chi connectivity index (χ3v) is 5.63. The molecule has 0 saturated carbocycles. The van der Waals surface area contributed by atoms with Gasteiger partial charge < -0.3 is 10.1 Å². The lowest BCUT2D eigenvalue weighted by molar-refractivity contribution is 0.0932. The average Bonchev–Trinajstić information content (AvgIpc) is 2.49. The summed E-state index contributed by atoms with van der Waals surface area (Å²) >= 11 is 6.95. The zero-order chi connectivity index (χ0) is 15.2. The zero-order valence-corrected chi connectivity index (χ0v) is 15.3. The number of benzene rings is 1. The van der Waals surface area contributed by atoms with Crippen LogP contribution in [0.15, 0.2) is 22.7 Å². The maximum Gasteiger partial charge on any atom is 0.251 e. The van der Waals surface area contributed by atoms with Gasteiger partial charge in [-0.15, -0.1) is 0 Å². The van der Waals surface area contributed by atoms with E-state index in [1.807, 2.05) is 0 Å². The van der Waals surface area contributed by atoms with Crippen molar-refractivity contribution in [1.82, 2.24) is 5.32 Å². The Hall–Kier alpha value is -0.550. The van der Waals surface area contributed by atoms with Crippen LogP contribution in [0.1, 0.15) is 37.0 Å². The molecule has 1 N–H and O–H groups in total. The summed E-state index contributed by atoms with van der Waals surface area (Å²) in [5.74, 6) is 0.666. The smallest absolute Gasteiger partial charge is 0.251 e. The second-order valence-corrected chi connectivity index (χ2v) is 6.29. The Morgan fingerprint density at radius 1 is 1.35 bits per heavy atom. The number of halogens is 2. The van der Waals surface area contributed by atoms with E-state index in [0.717, 1.165) is 28.4 Å². The van der Waals surface area contributed by atoms with Crippen molar-refractivity contribution in [3.05, 3.63) is 28.2 Å². The predicted molar refractivity (Wildman–Crippen MR) is 89.8 cm³/mol. The summed E-state index contributed by atoms with van der Waals surface area (Å²) in [6.07, 6.45) is 2.06. The van der Waals surface area contributed by atoms with E-state index in [1.54, 1.807) is 25.3 Å². The molecule has 0 spiro atoms. The van der Waals surface area contributed by atoms with Gasteiger partial charge in [-0.2, -0.15) is 0 Å². The largest absolute Gasteiger partial charge is 0.496 e. The van der Waals surface area contributed by atoms with Crippen LogP contribution >= 0.6 is 31.9 Å². The Bertz CT molecular complexity index is 451. The van der Waals surface area contributed by atoms with Crippen LogP contribution < -0.4 is 10.1 Å². The molecule has 0 unspecified atom stereocenters. The number of carbonyl (C=O) groups excluding carboxylic acids is 1. The monoisotopic (exact) mass is 405 g/mol. The third kappa shape index (κ3) is 4.22. The highest BCUT2D eigenvalue weighted by molar-refractivity contribution is 9.10. The molecule has 1 rings (SSSR count). The fourth-order valence-corrected chi connectivity index (χ4v) is 3.45. The third-order valence-electron chi connectivity index (χ3n) is 3.82. The van der Waals surface area contributed by atoms with Crippen LogP contribution in [-0.4, -0.2) is 24.9 Å². The predicted octanol–water partition coefficient (Wildman–Crippen LogP) is 4.39. The van der Waals surface area contributed by atoms with Gasteiger partial charge in [0.05, 0.1) is 11.6 Å². The molecule has 5 heteroatoms. The minimum absolute atomic E-state index is 0.0550. The first-order valence-electron chi connectivity index (χ1n) is 6.69. The first-order valence-corrected chi connectivity index (χ1v) is 8.61. The number of amides is 1. The molecule has 1 aromatic carbocycles. The molecule has 3 nitrogen and oxygen atoms in total. The Kier molecular flexibility index (Phi) is 7.03. The normalized spacial score (nSPS) is 11.2. The van der Waals surface area contributed by atoms with Crippen LogP contribution in [0.4, 0.5) is 0 Å². The summed E-state index contributed by atoms with van der Waals surface area (Å²) < 4.78 is 5.94. The highest BCUT2D eigenvalue weighted by Gasteiger charge is 2.25. The van der Waals surface area contributed by atoms with Gasteiger partial charge in [-0.1, -0.05) is 29.8 Å². The lowest BCUT2D eigenvalue weighted by Crippen LogP contribution is -2.38. The van der Waals surface area contributed by atoms with E-state index >= 15 is 0 Å². The molecule has 0 aliphatic heterocycles. The van der Waals surface area contributed by atoms with Crippen LogP contribution in [0.2, 0.25) is 0 Å². The second-order valence-electron chi connectivity index (χ2n) is 4.87. The lowest BCUT2D eigenvalue weighted by Gasteiger charge is -2.29. The molecule has 0 aliphatic carbocycles. The average molecular weight is 407 g/mol. The Balaban J connectivity index is 2.74. The van der Waals surface area contributed by atoms with Crippen molar-refractivity contribution in [2.75, 3.05) is 19.0 Å². The first-order chi connectivity index (χ1) is 9.51. The molecular formula is C15H21Br2NO2. The maximum atomic E-state index is 12.2. The molecule has 0 aromatic heterocycles. The minimum Gasteiger partial charge on any atom is -0.496 e. The molecule has 0 saturated heterocycles. The number of alkyl halides is 1. The van der Waals surface area contributed by atoms with Crippen molar-refractivity contribution < 1.29 is 9.53 Å². The quantitative estimate of drug-likeness (QED) is 0.682. The molecule has 0 fully saturated rings. The van der Waals surface area contributed by atoms with E-state index in [1.165, 1.54) is 0 Å². The van der Waals surface area contributed by atoms with E-state index in [4.69, 9.17) is 4.74 Å². The van der Waals surface area contributed by atoms with Crippen molar-refractivity contribution in [3.8, 4) is 5.75 Å². The summed E-state index contributed by atoms with van der Waals surface area (Å²) in [7, 11) is 1.60. The van der Waals surface area contributed by atoms with Crippen LogP contribution in [0.5, 0.6) is 5.75 Å². The number of ether oxygens (including phenoxy) is 1. The summed E-state index contributed by atoms with van der Waals surface area (Å²) in [5.41, 5.74) is 0.757. The van der Waals surface area contributed by atoms with Crippen molar-refractivity contribution in [3.63, 3.8) is 0 Å². The molecule has 0 heterocycles. The summed E-state index contributed by atoms with van der Waals surface area (Å²) in [6.45, 7) is 4.98. The number of carbonyl (C=O) groups is 1. The summed E-state index contributed by atoms with van der Waals surface area (Å²) in [6, 6.07) is 5.34. The first kappa shape index (κ1) is 17.5. The van der Waals surface area contributed by atoms with Gasteiger partial charge in [-0.25, -0.2) is 0 Å². The van der Waals surface area contributed by atoms with E-state index < -0.39 is 0 Å². The molecular weight excluding hydrogens is 386 g/mol. The van der Waals surface area contributed by atoms with E-state index in [9.17, 15) is 4.79 Å². The number of hydrogen-bond acceptors (Lipinski definition) is 2. The van der Waals surface area contributed by atoms with Gasteiger partial charge in [-0.05, 0) is 52.4 Å². The summed E-state index contributed by atoms with van der Waals surface area (Å²) in [5, 5.41) is 3.92. The molecule has 0 bridgehead atoms. The van der Waals surface area contributed by atoms with Gasteiger partial charge in [-0.3, -0.25) is 4.79 Å². The molecule has 0 radical (unpaired) electrons. The highest BCUT2D eigenvalue weighted by atomic mass is 79.9. The second kappa shape index (κ2) is 8.03. The number of nitrogens with one attached hydrogen (secondary N) is 1. The molecule has 1 amide bonds. The van der Waals surface area contributed by atoms with Crippen molar-refractivity contribution in [2.24, 2.45) is 5.41 Å². The number of hydrogen-bond donors (Lipinski definition) is 1. The molecule has 1 aromatic rings. The van der Waals surface area contributed by atoms with Crippen molar-refractivity contribution in [2.45, 2.75) is 26.7 Å². The van der Waals surface area contributed by atoms with Gasteiger partial charge in [0.25, 0.3) is 5.91 Å². The van der Waals surface area contributed by atoms with E-state index in [2.05, 4.69) is 51.0 Å². The SMILES string of the molecule is CCC(CC)(CBr)CNC(=O)c1ccc(OC)c(Br)c1. The fourth-order valence-electron chi connectivity index (χ4n) is 1.91. The Morgan fingerprint density at radius 2 is 2.00 bits per heavy atom.